The van der Waals surface area contributed by atoms with Gasteiger partial charge in [-0.25, -0.2) is 0 Å². The number of carbonyl (C=O) groups excluding carboxylic acids is 1. The quantitative estimate of drug-likeness (QED) is 0.697. The van der Waals surface area contributed by atoms with E-state index in [4.69, 9.17) is 5.11 Å². The van der Waals surface area contributed by atoms with Crippen LogP contribution in [0.2, 0.25) is 0 Å². The topological polar surface area (TPSA) is 77.8 Å². The summed E-state index contributed by atoms with van der Waals surface area (Å²) in [5.41, 5.74) is -0.620. The highest BCUT2D eigenvalue weighted by atomic mass is 16.4. The fourth-order valence-corrected chi connectivity index (χ4v) is 1.98. The zero-order chi connectivity index (χ0) is 13.2. The minimum absolute atomic E-state index is 0.124. The second-order valence-electron chi connectivity index (χ2n) is 5.62. The molecule has 0 aliphatic heterocycles. The summed E-state index contributed by atoms with van der Waals surface area (Å²) in [6, 6.07) is 0.124. The molecule has 0 saturated heterocycles. The van der Waals surface area contributed by atoms with Crippen molar-refractivity contribution >= 4 is 11.9 Å². The molecule has 1 amide bonds. The van der Waals surface area contributed by atoms with Gasteiger partial charge in [0.05, 0.1) is 6.61 Å². The zero-order valence-corrected chi connectivity index (χ0v) is 10.6. The van der Waals surface area contributed by atoms with Crippen LogP contribution in [0.4, 0.5) is 0 Å². The smallest absolute Gasteiger partial charge is 0.316 e. The molecular formula is C12H21NO4. The van der Waals surface area contributed by atoms with Gasteiger partial charge in [-0.3, -0.25) is 9.59 Å². The molecule has 1 atom stereocenters. The van der Waals surface area contributed by atoms with Gasteiger partial charge in [-0.15, -0.1) is 0 Å². The van der Waals surface area contributed by atoms with Crippen LogP contribution in [0, 0.1) is 11.3 Å². The highest BCUT2D eigenvalue weighted by molar-refractivity contribution is 5.98. The second kappa shape index (κ2) is 5.04. The molecule has 0 aromatic rings. The Morgan fingerprint density at radius 1 is 1.35 bits per heavy atom. The van der Waals surface area contributed by atoms with Crippen molar-refractivity contribution in [2.45, 2.75) is 39.7 Å². The van der Waals surface area contributed by atoms with Gasteiger partial charge in [-0.1, -0.05) is 20.8 Å². The standard InChI is InChI=1S/C12H21NO4/c1-12(2,3)9(11(16)17)10(15)13(6-7-14)8-4-5-8/h8-9,14H,4-7H2,1-3H3,(H,16,17). The Bertz CT molecular complexity index is 304. The number of carbonyl (C=O) groups is 2. The van der Waals surface area contributed by atoms with Gasteiger partial charge < -0.3 is 15.1 Å². The van der Waals surface area contributed by atoms with E-state index in [2.05, 4.69) is 0 Å². The Kier molecular flexibility index (Phi) is 4.14. The van der Waals surface area contributed by atoms with Crippen molar-refractivity contribution in [2.75, 3.05) is 13.2 Å². The summed E-state index contributed by atoms with van der Waals surface area (Å²) in [4.78, 5) is 25.0. The summed E-state index contributed by atoms with van der Waals surface area (Å²) in [7, 11) is 0. The summed E-state index contributed by atoms with van der Waals surface area (Å²) in [6.07, 6.45) is 1.81. The van der Waals surface area contributed by atoms with Gasteiger partial charge in [0.1, 0.15) is 5.92 Å². The van der Waals surface area contributed by atoms with Crippen molar-refractivity contribution in [2.24, 2.45) is 11.3 Å². The lowest BCUT2D eigenvalue weighted by atomic mass is 9.80. The normalized spacial score (nSPS) is 17.6. The summed E-state index contributed by atoms with van der Waals surface area (Å²) in [5, 5.41) is 18.1. The lowest BCUT2D eigenvalue weighted by Crippen LogP contribution is -2.47. The average molecular weight is 243 g/mol. The lowest BCUT2D eigenvalue weighted by Gasteiger charge is -2.31. The first kappa shape index (κ1) is 14.0. The molecule has 98 valence electrons. The van der Waals surface area contributed by atoms with Gasteiger partial charge in [0.2, 0.25) is 5.91 Å². The Labute approximate surface area is 101 Å². The number of aliphatic carboxylic acids is 1. The molecule has 1 aliphatic rings. The Hall–Kier alpha value is -1.10. The summed E-state index contributed by atoms with van der Waals surface area (Å²) in [6.45, 7) is 5.33. The number of amides is 1. The van der Waals surface area contributed by atoms with E-state index in [0.29, 0.717) is 0 Å². The van der Waals surface area contributed by atoms with Crippen LogP contribution < -0.4 is 0 Å². The molecule has 0 spiro atoms. The van der Waals surface area contributed by atoms with Crippen LogP contribution >= 0.6 is 0 Å². The molecule has 1 fully saturated rings. The molecule has 5 heteroatoms. The molecule has 1 rings (SSSR count). The Balaban J connectivity index is 2.85. The van der Waals surface area contributed by atoms with E-state index >= 15 is 0 Å². The number of carboxylic acid groups (broad SMARTS) is 1. The first-order chi connectivity index (χ1) is 7.79. The molecule has 0 aromatic carbocycles. The number of hydrogen-bond donors (Lipinski definition) is 2. The van der Waals surface area contributed by atoms with Crippen LogP contribution in [0.1, 0.15) is 33.6 Å². The predicted molar refractivity (Wildman–Crippen MR) is 62.4 cm³/mol. The van der Waals surface area contributed by atoms with Gasteiger partial charge in [-0.05, 0) is 18.3 Å². The van der Waals surface area contributed by atoms with Crippen LogP contribution in [-0.2, 0) is 9.59 Å². The minimum atomic E-state index is -1.09. The highest BCUT2D eigenvalue weighted by Gasteiger charge is 2.43. The number of hydrogen-bond acceptors (Lipinski definition) is 3. The third-order valence-corrected chi connectivity index (χ3v) is 2.97. The molecule has 0 aromatic heterocycles. The van der Waals surface area contributed by atoms with Gasteiger partial charge in [-0.2, -0.15) is 0 Å². The molecule has 1 aliphatic carbocycles. The van der Waals surface area contributed by atoms with Crippen molar-refractivity contribution in [3.63, 3.8) is 0 Å². The van der Waals surface area contributed by atoms with E-state index in [1.54, 1.807) is 20.8 Å². The minimum Gasteiger partial charge on any atom is -0.481 e. The molecule has 1 saturated carbocycles. The van der Waals surface area contributed by atoms with Gasteiger partial charge >= 0.3 is 5.97 Å². The van der Waals surface area contributed by atoms with Crippen molar-refractivity contribution in [1.29, 1.82) is 0 Å². The second-order valence-corrected chi connectivity index (χ2v) is 5.62. The van der Waals surface area contributed by atoms with Crippen LogP contribution in [0.25, 0.3) is 0 Å². The number of rotatable bonds is 5. The zero-order valence-electron chi connectivity index (χ0n) is 10.6. The SMILES string of the molecule is CC(C)(C)C(C(=O)O)C(=O)N(CCO)C1CC1. The lowest BCUT2D eigenvalue weighted by molar-refractivity contribution is -0.156. The molecule has 2 N–H and O–H groups in total. The van der Waals surface area contributed by atoms with Crippen LogP contribution in [0.3, 0.4) is 0 Å². The van der Waals surface area contributed by atoms with Crippen LogP contribution in [0.5, 0.6) is 0 Å². The summed E-state index contributed by atoms with van der Waals surface area (Å²) < 4.78 is 0. The van der Waals surface area contributed by atoms with Crippen LogP contribution in [-0.4, -0.2) is 46.2 Å². The molecular weight excluding hydrogens is 222 g/mol. The average Bonchev–Trinajstić information content (AvgIpc) is 2.93. The largest absolute Gasteiger partial charge is 0.481 e. The van der Waals surface area contributed by atoms with Crippen molar-refractivity contribution in [3.8, 4) is 0 Å². The highest BCUT2D eigenvalue weighted by Crippen LogP contribution is 2.33. The van der Waals surface area contributed by atoms with Gasteiger partial charge in [0.15, 0.2) is 0 Å². The molecule has 0 bridgehead atoms. The number of aliphatic hydroxyl groups excluding tert-OH is 1. The van der Waals surface area contributed by atoms with E-state index < -0.39 is 17.3 Å². The van der Waals surface area contributed by atoms with Crippen molar-refractivity contribution in [1.82, 2.24) is 4.90 Å². The Morgan fingerprint density at radius 2 is 1.88 bits per heavy atom. The summed E-state index contributed by atoms with van der Waals surface area (Å²) >= 11 is 0. The van der Waals surface area contributed by atoms with Crippen molar-refractivity contribution in [3.05, 3.63) is 0 Å². The fourth-order valence-electron chi connectivity index (χ4n) is 1.98. The predicted octanol–water partition coefficient (Wildman–Crippen LogP) is 0.717. The van der Waals surface area contributed by atoms with E-state index in [1.807, 2.05) is 0 Å². The maximum Gasteiger partial charge on any atom is 0.316 e. The Morgan fingerprint density at radius 3 is 2.18 bits per heavy atom. The van der Waals surface area contributed by atoms with Crippen LogP contribution in [0.15, 0.2) is 0 Å². The molecule has 17 heavy (non-hydrogen) atoms. The fraction of sp³-hybridized carbons (Fsp3) is 0.833. The maximum atomic E-state index is 12.2. The van der Waals surface area contributed by atoms with E-state index in [9.17, 15) is 14.7 Å². The first-order valence-electron chi connectivity index (χ1n) is 5.93. The monoisotopic (exact) mass is 243 g/mol. The van der Waals surface area contributed by atoms with E-state index in [1.165, 1.54) is 4.90 Å². The maximum absolute atomic E-state index is 12.2. The number of aliphatic hydroxyl groups is 1. The molecule has 0 radical (unpaired) electrons. The van der Waals surface area contributed by atoms with Gasteiger partial charge in [0.25, 0.3) is 0 Å². The van der Waals surface area contributed by atoms with Gasteiger partial charge in [0, 0.05) is 12.6 Å². The molecule has 5 nitrogen and oxygen atoms in total. The number of nitrogens with zero attached hydrogens (tertiary/aromatic N) is 1. The third kappa shape index (κ3) is 3.43. The molecule has 1 unspecified atom stereocenters. The first-order valence-corrected chi connectivity index (χ1v) is 5.93. The third-order valence-electron chi connectivity index (χ3n) is 2.97. The summed E-state index contributed by atoms with van der Waals surface area (Å²) in [5.74, 6) is -2.51. The number of carboxylic acids is 1. The van der Waals surface area contributed by atoms with E-state index in [-0.39, 0.29) is 25.1 Å². The molecule has 0 heterocycles. The van der Waals surface area contributed by atoms with Crippen molar-refractivity contribution < 1.29 is 19.8 Å². The van der Waals surface area contributed by atoms with E-state index in [0.717, 1.165) is 12.8 Å².